The number of rotatable bonds is 4. The summed E-state index contributed by atoms with van der Waals surface area (Å²) >= 11 is 0. The molecular formula is C12H21N3. The minimum absolute atomic E-state index is 0.760. The summed E-state index contributed by atoms with van der Waals surface area (Å²) in [5, 5.41) is 7.99. The Morgan fingerprint density at radius 3 is 2.87 bits per heavy atom. The van der Waals surface area contributed by atoms with Gasteiger partial charge in [0.15, 0.2) is 0 Å². The normalized spacial score (nSPS) is 18.2. The first-order valence-corrected chi connectivity index (χ1v) is 6.08. The molecule has 0 bridgehead atoms. The van der Waals surface area contributed by atoms with Crippen LogP contribution in [-0.4, -0.2) is 22.4 Å². The molecule has 1 heterocycles. The summed E-state index contributed by atoms with van der Waals surface area (Å²) in [6, 6.07) is 2.82. The van der Waals surface area contributed by atoms with E-state index in [1.54, 1.807) is 0 Å². The van der Waals surface area contributed by atoms with Crippen LogP contribution < -0.4 is 5.32 Å². The second-order valence-corrected chi connectivity index (χ2v) is 4.51. The molecule has 0 unspecified atom stereocenters. The molecule has 84 valence electrons. The molecule has 0 atom stereocenters. The fourth-order valence-corrected chi connectivity index (χ4v) is 2.28. The quantitative estimate of drug-likeness (QED) is 0.819. The molecule has 1 saturated carbocycles. The summed E-state index contributed by atoms with van der Waals surface area (Å²) < 4.78 is 2.02. The maximum absolute atomic E-state index is 4.37. The predicted molar refractivity (Wildman–Crippen MR) is 61.8 cm³/mol. The van der Waals surface area contributed by atoms with E-state index in [1.807, 2.05) is 11.6 Å². The summed E-state index contributed by atoms with van der Waals surface area (Å²) in [4.78, 5) is 0. The van der Waals surface area contributed by atoms with Crippen molar-refractivity contribution in [3.8, 4) is 0 Å². The van der Waals surface area contributed by atoms with E-state index in [-0.39, 0.29) is 0 Å². The lowest BCUT2D eigenvalue weighted by atomic mass is 9.95. The molecule has 0 saturated heterocycles. The van der Waals surface area contributed by atoms with E-state index in [0.717, 1.165) is 24.8 Å². The fourth-order valence-electron chi connectivity index (χ4n) is 2.28. The minimum Gasteiger partial charge on any atom is -0.312 e. The highest BCUT2D eigenvalue weighted by molar-refractivity contribution is 4.94. The topological polar surface area (TPSA) is 29.9 Å². The molecule has 1 fully saturated rings. The van der Waals surface area contributed by atoms with E-state index in [9.17, 15) is 0 Å². The first-order valence-electron chi connectivity index (χ1n) is 6.08. The fraction of sp³-hybridized carbons (Fsp3) is 0.750. The Hall–Kier alpha value is -0.830. The summed E-state index contributed by atoms with van der Waals surface area (Å²) in [6.45, 7) is 4.07. The Morgan fingerprint density at radius 1 is 1.40 bits per heavy atom. The highest BCUT2D eigenvalue weighted by Gasteiger charge is 2.11. The highest BCUT2D eigenvalue weighted by atomic mass is 15.3. The first-order chi connectivity index (χ1) is 7.34. The standard InChI is InChI=1S/C12H21N3/c1-11-7-9-15(14-11)10-8-13-12-5-3-2-4-6-12/h7,9,12-13H,2-6,8,10H2,1H3. The highest BCUT2D eigenvalue weighted by Crippen LogP contribution is 2.16. The maximum atomic E-state index is 4.37. The lowest BCUT2D eigenvalue weighted by Gasteiger charge is -2.22. The molecule has 1 aliphatic rings. The summed E-state index contributed by atoms with van der Waals surface area (Å²) in [7, 11) is 0. The van der Waals surface area contributed by atoms with Gasteiger partial charge in [-0.15, -0.1) is 0 Å². The van der Waals surface area contributed by atoms with Crippen LogP contribution >= 0.6 is 0 Å². The van der Waals surface area contributed by atoms with Crippen molar-refractivity contribution in [1.29, 1.82) is 0 Å². The van der Waals surface area contributed by atoms with Crippen molar-refractivity contribution in [2.45, 2.75) is 51.6 Å². The monoisotopic (exact) mass is 207 g/mol. The minimum atomic E-state index is 0.760. The molecule has 0 aliphatic heterocycles. The third-order valence-electron chi connectivity index (χ3n) is 3.15. The van der Waals surface area contributed by atoms with Crippen LogP contribution in [0.5, 0.6) is 0 Å². The third-order valence-corrected chi connectivity index (χ3v) is 3.15. The van der Waals surface area contributed by atoms with Gasteiger partial charge in [-0.05, 0) is 25.8 Å². The smallest absolute Gasteiger partial charge is 0.0593 e. The first kappa shape index (κ1) is 10.7. The number of nitrogens with zero attached hydrogens (tertiary/aromatic N) is 2. The Morgan fingerprint density at radius 2 is 2.20 bits per heavy atom. The molecule has 1 aromatic heterocycles. The van der Waals surface area contributed by atoms with E-state index >= 15 is 0 Å². The van der Waals surface area contributed by atoms with Gasteiger partial charge in [0.2, 0.25) is 0 Å². The SMILES string of the molecule is Cc1ccn(CCNC2CCCCC2)n1. The van der Waals surface area contributed by atoms with Crippen molar-refractivity contribution < 1.29 is 0 Å². The maximum Gasteiger partial charge on any atom is 0.0593 e. The molecule has 1 N–H and O–H groups in total. The van der Waals surface area contributed by atoms with E-state index in [2.05, 4.69) is 22.7 Å². The van der Waals surface area contributed by atoms with Crippen LogP contribution in [0.1, 0.15) is 37.8 Å². The Bertz CT molecular complexity index is 287. The Kier molecular flexibility index (Phi) is 3.78. The van der Waals surface area contributed by atoms with E-state index in [0.29, 0.717) is 0 Å². The number of aromatic nitrogens is 2. The average molecular weight is 207 g/mol. The Balaban J connectivity index is 1.65. The molecule has 0 radical (unpaired) electrons. The zero-order chi connectivity index (χ0) is 10.5. The van der Waals surface area contributed by atoms with E-state index in [1.165, 1.54) is 32.1 Å². The van der Waals surface area contributed by atoms with Gasteiger partial charge in [-0.1, -0.05) is 19.3 Å². The number of hydrogen-bond donors (Lipinski definition) is 1. The van der Waals surface area contributed by atoms with Crippen molar-refractivity contribution in [2.24, 2.45) is 0 Å². The summed E-state index contributed by atoms with van der Waals surface area (Å²) in [5.41, 5.74) is 1.10. The third kappa shape index (κ3) is 3.34. The van der Waals surface area contributed by atoms with E-state index in [4.69, 9.17) is 0 Å². The van der Waals surface area contributed by atoms with E-state index < -0.39 is 0 Å². The van der Waals surface area contributed by atoms with Gasteiger partial charge in [-0.3, -0.25) is 4.68 Å². The van der Waals surface area contributed by atoms with Crippen molar-refractivity contribution >= 4 is 0 Å². The van der Waals surface area contributed by atoms with Crippen LogP contribution in [0.15, 0.2) is 12.3 Å². The second kappa shape index (κ2) is 5.31. The molecule has 1 aliphatic carbocycles. The molecule has 3 nitrogen and oxygen atoms in total. The molecule has 1 aromatic rings. The van der Waals surface area contributed by atoms with Crippen molar-refractivity contribution in [2.75, 3.05) is 6.54 Å². The van der Waals surface area contributed by atoms with Gasteiger partial charge in [0.1, 0.15) is 0 Å². The van der Waals surface area contributed by atoms with Crippen LogP contribution in [-0.2, 0) is 6.54 Å². The van der Waals surface area contributed by atoms with Crippen molar-refractivity contribution in [1.82, 2.24) is 15.1 Å². The molecule has 2 rings (SSSR count). The van der Waals surface area contributed by atoms with Gasteiger partial charge >= 0.3 is 0 Å². The van der Waals surface area contributed by atoms with Gasteiger partial charge in [-0.25, -0.2) is 0 Å². The largest absolute Gasteiger partial charge is 0.312 e. The molecule has 3 heteroatoms. The van der Waals surface area contributed by atoms with Crippen LogP contribution in [0.4, 0.5) is 0 Å². The number of hydrogen-bond acceptors (Lipinski definition) is 2. The lowest BCUT2D eigenvalue weighted by Crippen LogP contribution is -2.33. The number of nitrogens with one attached hydrogen (secondary N) is 1. The second-order valence-electron chi connectivity index (χ2n) is 4.51. The summed E-state index contributed by atoms with van der Waals surface area (Å²) in [6.07, 6.45) is 9.00. The van der Waals surface area contributed by atoms with Gasteiger partial charge in [0.25, 0.3) is 0 Å². The van der Waals surface area contributed by atoms with Crippen LogP contribution in [0, 0.1) is 6.92 Å². The average Bonchev–Trinajstić information content (AvgIpc) is 2.66. The molecule has 0 spiro atoms. The van der Waals surface area contributed by atoms with Gasteiger partial charge < -0.3 is 5.32 Å². The van der Waals surface area contributed by atoms with Crippen molar-refractivity contribution in [3.05, 3.63) is 18.0 Å². The van der Waals surface area contributed by atoms with Crippen LogP contribution in [0.25, 0.3) is 0 Å². The zero-order valence-corrected chi connectivity index (χ0v) is 9.58. The molecule has 0 amide bonds. The van der Waals surface area contributed by atoms with Gasteiger partial charge in [0.05, 0.1) is 12.2 Å². The number of aryl methyl sites for hydroxylation is 1. The zero-order valence-electron chi connectivity index (χ0n) is 9.58. The molecule has 15 heavy (non-hydrogen) atoms. The van der Waals surface area contributed by atoms with Gasteiger partial charge in [-0.2, -0.15) is 5.10 Å². The van der Waals surface area contributed by atoms with Crippen LogP contribution in [0.3, 0.4) is 0 Å². The molecular weight excluding hydrogens is 186 g/mol. The van der Waals surface area contributed by atoms with Crippen LogP contribution in [0.2, 0.25) is 0 Å². The predicted octanol–water partition coefficient (Wildman–Crippen LogP) is 2.11. The molecule has 0 aromatic carbocycles. The van der Waals surface area contributed by atoms with Gasteiger partial charge in [0, 0.05) is 18.8 Å². The van der Waals surface area contributed by atoms with Crippen molar-refractivity contribution in [3.63, 3.8) is 0 Å². The lowest BCUT2D eigenvalue weighted by molar-refractivity contribution is 0.365. The Labute approximate surface area is 91.9 Å². The summed E-state index contributed by atoms with van der Waals surface area (Å²) in [5.74, 6) is 0.